The van der Waals surface area contributed by atoms with E-state index in [4.69, 9.17) is 9.72 Å². The molecule has 0 fully saturated rings. The Morgan fingerprint density at radius 1 is 1.10 bits per heavy atom. The molecule has 4 heterocycles. The molecule has 0 unspecified atom stereocenters. The van der Waals surface area contributed by atoms with Gasteiger partial charge in [0.05, 0.1) is 19.9 Å². The molecule has 1 aliphatic rings. The second-order valence-electron chi connectivity index (χ2n) is 7.03. The molecule has 0 amide bonds. The molecule has 1 aromatic carbocycles. The van der Waals surface area contributed by atoms with Gasteiger partial charge in [-0.3, -0.25) is 0 Å². The number of rotatable bonds is 5. The minimum absolute atomic E-state index is 0.681. The first kappa shape index (κ1) is 17.6. The zero-order chi connectivity index (χ0) is 19.6. The number of nitrogens with zero attached hydrogens (tertiary/aromatic N) is 6. The molecule has 5 rings (SSSR count). The van der Waals surface area contributed by atoms with Crippen molar-refractivity contribution in [2.45, 2.75) is 19.5 Å². The van der Waals surface area contributed by atoms with E-state index in [1.165, 1.54) is 11.1 Å². The van der Waals surface area contributed by atoms with Gasteiger partial charge < -0.3 is 10.2 Å². The lowest BCUT2D eigenvalue weighted by molar-refractivity contribution is 0.307. The zero-order valence-electron chi connectivity index (χ0n) is 16.1. The van der Waals surface area contributed by atoms with Crippen molar-refractivity contribution in [3.63, 3.8) is 0 Å². The number of anilines is 1. The molecule has 0 spiro atoms. The van der Waals surface area contributed by atoms with Crippen molar-refractivity contribution in [1.82, 2.24) is 29.7 Å². The van der Waals surface area contributed by atoms with Crippen LogP contribution in [0.1, 0.15) is 16.7 Å². The molecular formula is C21H21N7O. The van der Waals surface area contributed by atoms with Crippen molar-refractivity contribution < 1.29 is 4.74 Å². The van der Waals surface area contributed by atoms with Gasteiger partial charge in [0.25, 0.3) is 0 Å². The Hall–Kier alpha value is -3.52. The van der Waals surface area contributed by atoms with E-state index in [9.17, 15) is 0 Å². The van der Waals surface area contributed by atoms with E-state index >= 15 is 0 Å². The van der Waals surface area contributed by atoms with E-state index < -0.39 is 0 Å². The molecule has 0 bridgehead atoms. The average molecular weight is 387 g/mol. The highest BCUT2D eigenvalue weighted by molar-refractivity contribution is 5.80. The van der Waals surface area contributed by atoms with Crippen molar-refractivity contribution in [1.29, 1.82) is 0 Å². The van der Waals surface area contributed by atoms with Crippen molar-refractivity contribution in [2.24, 2.45) is 0 Å². The molecule has 0 radical (unpaired) electrons. The van der Waals surface area contributed by atoms with Crippen molar-refractivity contribution in [3.8, 4) is 5.75 Å². The lowest BCUT2D eigenvalue weighted by Crippen LogP contribution is -2.35. The minimum Gasteiger partial charge on any atom is -0.497 e. The first-order valence-electron chi connectivity index (χ1n) is 9.53. The van der Waals surface area contributed by atoms with Crippen LogP contribution in [0.2, 0.25) is 0 Å². The van der Waals surface area contributed by atoms with Crippen LogP contribution in [0, 0.1) is 0 Å². The van der Waals surface area contributed by atoms with E-state index in [1.807, 2.05) is 35.3 Å². The fourth-order valence-electron chi connectivity index (χ4n) is 3.71. The van der Waals surface area contributed by atoms with E-state index in [1.54, 1.807) is 19.6 Å². The molecule has 29 heavy (non-hydrogen) atoms. The highest BCUT2D eigenvalue weighted by atomic mass is 16.5. The van der Waals surface area contributed by atoms with Gasteiger partial charge in [0.2, 0.25) is 0 Å². The number of pyridine rings is 1. The van der Waals surface area contributed by atoms with Crippen LogP contribution in [0.5, 0.6) is 5.75 Å². The van der Waals surface area contributed by atoms with E-state index in [2.05, 4.69) is 37.6 Å². The van der Waals surface area contributed by atoms with Crippen LogP contribution in [-0.4, -0.2) is 43.4 Å². The highest BCUT2D eigenvalue weighted by Crippen LogP contribution is 2.26. The summed E-state index contributed by atoms with van der Waals surface area (Å²) in [5, 5.41) is 7.89. The summed E-state index contributed by atoms with van der Waals surface area (Å²) < 4.78 is 7.19. The monoisotopic (exact) mass is 387 g/mol. The lowest BCUT2D eigenvalue weighted by atomic mass is 10.0. The summed E-state index contributed by atoms with van der Waals surface area (Å²) in [6.07, 6.45) is 8.12. The van der Waals surface area contributed by atoms with Gasteiger partial charge in [0.15, 0.2) is 5.65 Å². The van der Waals surface area contributed by atoms with Gasteiger partial charge in [-0.2, -0.15) is 5.10 Å². The number of nitrogens with one attached hydrogen (secondary N) is 1. The maximum absolute atomic E-state index is 5.23. The van der Waals surface area contributed by atoms with Gasteiger partial charge in [-0.25, -0.2) is 24.6 Å². The normalized spacial score (nSPS) is 14.0. The number of hydrogen-bond acceptors (Lipinski definition) is 7. The second-order valence-corrected chi connectivity index (χ2v) is 7.03. The van der Waals surface area contributed by atoms with E-state index in [0.717, 1.165) is 47.7 Å². The fraction of sp³-hybridized carbons (Fsp3) is 0.238. The molecule has 1 aliphatic heterocycles. The van der Waals surface area contributed by atoms with Crippen LogP contribution < -0.4 is 10.2 Å². The first-order chi connectivity index (χ1) is 14.3. The number of hydrazine groups is 1. The summed E-state index contributed by atoms with van der Waals surface area (Å²) in [7, 11) is 1.67. The number of ether oxygens (including phenoxy) is 1. The van der Waals surface area contributed by atoms with Gasteiger partial charge in [-0.05, 0) is 35.2 Å². The maximum Gasteiger partial charge on any atom is 0.158 e. The zero-order valence-corrected chi connectivity index (χ0v) is 16.1. The SMILES string of the molecule is COc1ccc(Cn2ncc3c4c(cnc32)CN(Nc2ccncn2)CC4)cc1. The predicted octanol–water partition coefficient (Wildman–Crippen LogP) is 2.66. The third-order valence-corrected chi connectivity index (χ3v) is 5.21. The molecule has 0 saturated carbocycles. The summed E-state index contributed by atoms with van der Waals surface area (Å²) in [5.74, 6) is 1.65. The average Bonchev–Trinajstić information content (AvgIpc) is 3.18. The van der Waals surface area contributed by atoms with E-state index in [0.29, 0.717) is 6.54 Å². The number of fused-ring (bicyclic) bond motifs is 3. The molecule has 8 heteroatoms. The smallest absolute Gasteiger partial charge is 0.158 e. The molecule has 4 aromatic rings. The highest BCUT2D eigenvalue weighted by Gasteiger charge is 2.21. The van der Waals surface area contributed by atoms with Crippen LogP contribution >= 0.6 is 0 Å². The number of methoxy groups -OCH3 is 1. The Morgan fingerprint density at radius 3 is 2.79 bits per heavy atom. The Balaban J connectivity index is 1.37. The molecule has 8 nitrogen and oxygen atoms in total. The molecule has 0 aliphatic carbocycles. The Morgan fingerprint density at radius 2 is 2.00 bits per heavy atom. The van der Waals surface area contributed by atoms with Crippen molar-refractivity contribution in [3.05, 3.63) is 71.9 Å². The summed E-state index contributed by atoms with van der Waals surface area (Å²) >= 11 is 0. The van der Waals surface area contributed by atoms with Crippen LogP contribution in [0.15, 0.2) is 55.2 Å². The van der Waals surface area contributed by atoms with Crippen LogP contribution in [0.3, 0.4) is 0 Å². The number of hydrogen-bond donors (Lipinski definition) is 1. The molecule has 3 aromatic heterocycles. The Bertz CT molecular complexity index is 1130. The van der Waals surface area contributed by atoms with Crippen LogP contribution in [0.4, 0.5) is 5.82 Å². The van der Waals surface area contributed by atoms with Crippen LogP contribution in [-0.2, 0) is 19.5 Å². The Labute approximate surface area is 168 Å². The summed E-state index contributed by atoms with van der Waals surface area (Å²) in [6, 6.07) is 9.91. The minimum atomic E-state index is 0.681. The molecular weight excluding hydrogens is 366 g/mol. The molecule has 1 N–H and O–H groups in total. The molecule has 0 saturated heterocycles. The van der Waals surface area contributed by atoms with Gasteiger partial charge in [-0.15, -0.1) is 0 Å². The van der Waals surface area contributed by atoms with Gasteiger partial charge >= 0.3 is 0 Å². The molecule has 146 valence electrons. The van der Waals surface area contributed by atoms with Gasteiger partial charge in [0, 0.05) is 36.9 Å². The summed E-state index contributed by atoms with van der Waals surface area (Å²) in [6.45, 7) is 2.34. The van der Waals surface area contributed by atoms with Gasteiger partial charge in [-0.1, -0.05) is 12.1 Å². The lowest BCUT2D eigenvalue weighted by Gasteiger charge is -2.29. The third-order valence-electron chi connectivity index (χ3n) is 5.21. The van der Waals surface area contributed by atoms with Crippen molar-refractivity contribution in [2.75, 3.05) is 19.1 Å². The third kappa shape index (κ3) is 3.50. The topological polar surface area (TPSA) is 81.0 Å². The molecule has 0 atom stereocenters. The van der Waals surface area contributed by atoms with Crippen molar-refractivity contribution >= 4 is 16.9 Å². The van der Waals surface area contributed by atoms with Crippen LogP contribution in [0.25, 0.3) is 11.0 Å². The van der Waals surface area contributed by atoms with E-state index in [-0.39, 0.29) is 0 Å². The standard InChI is InChI=1S/C21H21N7O/c1-29-17-4-2-15(3-5-17)12-28-21-19(11-25-28)18-7-9-27(13-16(18)10-23-21)26-20-6-8-22-14-24-20/h2-6,8,10-11,14H,7,9,12-13H2,1H3,(H,22,24,26). The quantitative estimate of drug-likeness (QED) is 0.564. The second kappa shape index (κ2) is 7.48. The largest absolute Gasteiger partial charge is 0.497 e. The maximum atomic E-state index is 5.23. The first-order valence-corrected chi connectivity index (χ1v) is 9.53. The Kier molecular flexibility index (Phi) is 4.53. The summed E-state index contributed by atoms with van der Waals surface area (Å²) in [5.41, 5.74) is 7.98. The predicted molar refractivity (Wildman–Crippen MR) is 109 cm³/mol. The van der Waals surface area contributed by atoms with Gasteiger partial charge in [0.1, 0.15) is 17.9 Å². The fourth-order valence-corrected chi connectivity index (χ4v) is 3.71. The number of benzene rings is 1. The number of aromatic nitrogens is 5. The summed E-state index contributed by atoms with van der Waals surface area (Å²) in [4.78, 5) is 12.9.